The van der Waals surface area contributed by atoms with E-state index in [2.05, 4.69) is 38.7 Å². The van der Waals surface area contributed by atoms with Crippen molar-refractivity contribution in [3.63, 3.8) is 0 Å². The molecule has 2 unspecified atom stereocenters. The van der Waals surface area contributed by atoms with Gasteiger partial charge in [0.15, 0.2) is 16.7 Å². The van der Waals surface area contributed by atoms with Crippen LogP contribution in [0, 0.1) is 0 Å². The minimum Gasteiger partial charge on any atom is -0.376 e. The summed E-state index contributed by atoms with van der Waals surface area (Å²) in [6.07, 6.45) is 0.740. The van der Waals surface area contributed by atoms with Crippen LogP contribution in [0.4, 0.5) is 0 Å². The summed E-state index contributed by atoms with van der Waals surface area (Å²) in [5.41, 5.74) is 1.29. The third kappa shape index (κ3) is 10.2. The molecule has 0 amide bonds. The molecular formula is C16H25FeO2PSi. The molecule has 0 bridgehead atoms. The Labute approximate surface area is 141 Å². The quantitative estimate of drug-likeness (QED) is 0.456. The summed E-state index contributed by atoms with van der Waals surface area (Å²) in [4.78, 5) is 9.83. The van der Waals surface area contributed by atoms with Gasteiger partial charge in [-0.3, -0.25) is 0 Å². The zero-order chi connectivity index (χ0) is 15.0. The summed E-state index contributed by atoms with van der Waals surface area (Å²) >= 11 is 0. The zero-order valence-corrected chi connectivity index (χ0v) is 16.1. The molecule has 21 heavy (non-hydrogen) atoms. The minimum absolute atomic E-state index is 0. The largest absolute Gasteiger partial charge is 2.00 e. The first kappa shape index (κ1) is 20.8. The van der Waals surface area contributed by atoms with Gasteiger partial charge in [0.2, 0.25) is 0 Å². The molecule has 0 radical (unpaired) electrons. The van der Waals surface area contributed by atoms with Gasteiger partial charge in [0.1, 0.15) is 0 Å². The molecule has 2 nitrogen and oxygen atoms in total. The van der Waals surface area contributed by atoms with Gasteiger partial charge in [-0.2, -0.15) is 35.9 Å². The van der Waals surface area contributed by atoms with Gasteiger partial charge in [0.05, 0.1) is 0 Å². The van der Waals surface area contributed by atoms with Crippen molar-refractivity contribution in [1.29, 1.82) is 0 Å². The molecule has 2 aromatic carbocycles. The molecule has 1 N–H and O–H groups in total. The second kappa shape index (κ2) is 10.5. The van der Waals surface area contributed by atoms with E-state index in [1.807, 2.05) is 42.5 Å². The van der Waals surface area contributed by atoms with Crippen LogP contribution in [0.15, 0.2) is 54.6 Å². The second-order valence-electron chi connectivity index (χ2n) is 5.82. The Bertz CT molecular complexity index is 420. The van der Waals surface area contributed by atoms with Crippen LogP contribution in [-0.2, 0) is 21.3 Å². The van der Waals surface area contributed by atoms with Gasteiger partial charge in [-0.1, -0.05) is 12.8 Å². The van der Waals surface area contributed by atoms with Crippen LogP contribution in [-0.4, -0.2) is 19.4 Å². The Hall–Kier alpha value is -0.214. The van der Waals surface area contributed by atoms with E-state index in [0.717, 1.165) is 6.16 Å². The molecule has 5 heteroatoms. The van der Waals surface area contributed by atoms with E-state index in [1.54, 1.807) is 0 Å². The van der Waals surface area contributed by atoms with E-state index in [9.17, 15) is 4.89 Å². The van der Waals surface area contributed by atoms with Crippen molar-refractivity contribution < 1.29 is 26.2 Å². The van der Waals surface area contributed by atoms with Crippen LogP contribution in [0.2, 0.25) is 19.6 Å². The molecule has 0 fully saturated rings. The van der Waals surface area contributed by atoms with Gasteiger partial charge in [0.25, 0.3) is 0 Å². The Kier molecular flexibility index (Phi) is 10.4. The molecule has 0 spiro atoms. The van der Waals surface area contributed by atoms with Gasteiger partial charge in [-0.05, 0) is 19.6 Å². The van der Waals surface area contributed by atoms with Crippen LogP contribution < -0.4 is 0 Å². The van der Waals surface area contributed by atoms with E-state index in [0.29, 0.717) is 5.92 Å². The first-order chi connectivity index (χ1) is 9.38. The summed E-state index contributed by atoms with van der Waals surface area (Å²) in [5, 5.41) is 0. The van der Waals surface area contributed by atoms with Crippen LogP contribution >= 0.6 is 8.38 Å². The van der Waals surface area contributed by atoms with Crippen molar-refractivity contribution in [3.05, 3.63) is 60.2 Å². The smallest absolute Gasteiger partial charge is 0.376 e. The fourth-order valence-electron chi connectivity index (χ4n) is 1.73. The Morgan fingerprint density at radius 3 is 2.05 bits per heavy atom. The topological polar surface area (TPSA) is 29.5 Å². The maximum absolute atomic E-state index is 9.83. The average Bonchev–Trinajstić information content (AvgIpc) is 3.03. The average molecular weight is 364 g/mol. The molecule has 118 valence electrons. The van der Waals surface area contributed by atoms with E-state index in [1.165, 1.54) is 5.56 Å². The number of hydrogen-bond donors (Lipinski definition) is 1. The van der Waals surface area contributed by atoms with Crippen LogP contribution in [0.1, 0.15) is 18.4 Å². The molecule has 0 aromatic heterocycles. The van der Waals surface area contributed by atoms with Crippen molar-refractivity contribution in [2.45, 2.75) is 32.5 Å². The minimum atomic E-state index is -1.59. The first-order valence-electron chi connectivity index (χ1n) is 6.92. The Morgan fingerprint density at radius 2 is 1.67 bits per heavy atom. The van der Waals surface area contributed by atoms with Gasteiger partial charge >= 0.3 is 17.1 Å². The van der Waals surface area contributed by atoms with Gasteiger partial charge < -0.3 is 9.11 Å². The van der Waals surface area contributed by atoms with Gasteiger partial charge in [-0.25, -0.2) is 24.3 Å². The SMILES string of the molecule is CC(CP(O)O[Si](C)(C)C)[c-]1cccc1.[Fe+2].c1cc[cH-]c1. The van der Waals surface area contributed by atoms with Crippen molar-refractivity contribution in [2.24, 2.45) is 0 Å². The van der Waals surface area contributed by atoms with Crippen LogP contribution in [0.3, 0.4) is 0 Å². The van der Waals surface area contributed by atoms with Gasteiger partial charge in [0, 0.05) is 6.16 Å². The van der Waals surface area contributed by atoms with E-state index in [4.69, 9.17) is 4.21 Å². The van der Waals surface area contributed by atoms with Crippen LogP contribution in [0.25, 0.3) is 0 Å². The second-order valence-corrected chi connectivity index (χ2v) is 11.8. The molecule has 2 aromatic rings. The third-order valence-electron chi connectivity index (χ3n) is 2.62. The number of rotatable bonds is 5. The fraction of sp³-hybridized carbons (Fsp3) is 0.375. The predicted molar refractivity (Wildman–Crippen MR) is 90.9 cm³/mol. The first-order valence-corrected chi connectivity index (χ1v) is 11.7. The molecule has 0 heterocycles. The van der Waals surface area contributed by atoms with Crippen molar-refractivity contribution in [1.82, 2.24) is 0 Å². The molecule has 0 saturated heterocycles. The molecule has 2 rings (SSSR count). The third-order valence-corrected chi connectivity index (χ3v) is 6.52. The molecule has 0 aliphatic carbocycles. The normalized spacial score (nSPS) is 13.6. The molecular weight excluding hydrogens is 339 g/mol. The summed E-state index contributed by atoms with van der Waals surface area (Å²) in [7, 11) is -2.84. The van der Waals surface area contributed by atoms with Crippen LogP contribution in [0.5, 0.6) is 0 Å². The van der Waals surface area contributed by atoms with E-state index < -0.39 is 16.7 Å². The van der Waals surface area contributed by atoms with E-state index in [-0.39, 0.29) is 17.1 Å². The summed E-state index contributed by atoms with van der Waals surface area (Å²) in [5.74, 6) is 0.382. The maximum atomic E-state index is 9.83. The molecule has 0 aliphatic heterocycles. The molecule has 0 saturated carbocycles. The molecule has 2 atom stereocenters. The standard InChI is InChI=1S/C11H20O2PSi.C5H5.Fe/c1-10(11-7-5-6-8-11)9-14(12)13-15(2,3)4;1-2-4-5-3-1;/h5-8,10,12H,9H2,1-4H3;1-5H;/q2*-1;+2. The van der Waals surface area contributed by atoms with Crippen molar-refractivity contribution in [2.75, 3.05) is 6.16 Å². The van der Waals surface area contributed by atoms with E-state index >= 15 is 0 Å². The summed E-state index contributed by atoms with van der Waals surface area (Å²) in [6, 6.07) is 18.3. The summed E-state index contributed by atoms with van der Waals surface area (Å²) in [6.45, 7) is 8.44. The Balaban J connectivity index is 0.000000562. The monoisotopic (exact) mass is 364 g/mol. The molecule has 0 aliphatic rings. The summed E-state index contributed by atoms with van der Waals surface area (Å²) < 4.78 is 5.67. The number of hydrogen-bond acceptors (Lipinski definition) is 2. The Morgan fingerprint density at radius 1 is 1.14 bits per heavy atom. The zero-order valence-electron chi connectivity index (χ0n) is 13.1. The van der Waals surface area contributed by atoms with Crippen molar-refractivity contribution in [3.8, 4) is 0 Å². The predicted octanol–water partition coefficient (Wildman–Crippen LogP) is 5.07. The van der Waals surface area contributed by atoms with Crippen molar-refractivity contribution >= 4 is 16.7 Å². The fourth-order valence-corrected chi connectivity index (χ4v) is 5.24. The van der Waals surface area contributed by atoms with Gasteiger partial charge in [-0.15, -0.1) is 0 Å². The maximum Gasteiger partial charge on any atom is 2.00 e.